The molecule has 1 aromatic heterocycles. The fourth-order valence-corrected chi connectivity index (χ4v) is 3.93. The van der Waals surface area contributed by atoms with Gasteiger partial charge in [0.1, 0.15) is 0 Å². The Balaban J connectivity index is 1.56. The molecule has 0 bridgehead atoms. The average Bonchev–Trinajstić information content (AvgIpc) is 2.97. The number of carbonyl (C=O) groups is 3. The van der Waals surface area contributed by atoms with Crippen LogP contribution in [0, 0.1) is 0 Å². The average molecular weight is 550 g/mol. The molecule has 4 amide bonds. The summed E-state index contributed by atoms with van der Waals surface area (Å²) >= 11 is 0. The number of morpholine rings is 1. The Kier molecular flexibility index (Phi) is 9.44. The molecule has 1 aliphatic rings. The molecule has 2 aromatic carbocycles. The van der Waals surface area contributed by atoms with Gasteiger partial charge in [-0.2, -0.15) is 0 Å². The predicted octanol–water partition coefficient (Wildman–Crippen LogP) is 2.16. The van der Waals surface area contributed by atoms with Crippen LogP contribution in [0.25, 0.3) is 11.4 Å². The second-order valence-corrected chi connectivity index (χ2v) is 8.66. The highest BCUT2D eigenvalue weighted by molar-refractivity contribution is 6.00. The van der Waals surface area contributed by atoms with Crippen molar-refractivity contribution in [1.29, 1.82) is 0 Å². The number of nitrogens with one attached hydrogen (secondary N) is 3. The highest BCUT2D eigenvalue weighted by Crippen LogP contribution is 2.31. The second-order valence-electron chi connectivity index (χ2n) is 8.66. The number of carbonyl (C=O) groups excluding carboxylic acids is 3. The lowest BCUT2D eigenvalue weighted by Crippen LogP contribution is -2.41. The summed E-state index contributed by atoms with van der Waals surface area (Å²) in [5, 5.41) is 17.8. The van der Waals surface area contributed by atoms with Crippen LogP contribution in [0.15, 0.2) is 48.5 Å². The highest BCUT2D eigenvalue weighted by atomic mass is 16.5. The lowest BCUT2D eigenvalue weighted by atomic mass is 10.1. The number of amides is 4. The van der Waals surface area contributed by atoms with Crippen molar-refractivity contribution in [3.8, 4) is 17.1 Å². The Morgan fingerprint density at radius 2 is 1.62 bits per heavy atom. The van der Waals surface area contributed by atoms with Crippen molar-refractivity contribution in [2.45, 2.75) is 6.92 Å². The number of anilines is 3. The van der Waals surface area contributed by atoms with Gasteiger partial charge in [0.2, 0.25) is 5.91 Å². The number of hydrogen-bond donors (Lipinski definition) is 5. The first-order valence-electron chi connectivity index (χ1n) is 12.7. The van der Waals surface area contributed by atoms with Crippen molar-refractivity contribution in [1.82, 2.24) is 14.9 Å². The van der Waals surface area contributed by atoms with Crippen LogP contribution in [0.5, 0.6) is 5.75 Å². The molecule has 0 radical (unpaired) electrons. The molecular weight excluding hydrogens is 518 g/mol. The number of aliphatic hydroxyl groups is 1. The molecule has 13 heteroatoms. The van der Waals surface area contributed by atoms with Crippen molar-refractivity contribution in [3.05, 3.63) is 59.8 Å². The summed E-state index contributed by atoms with van der Waals surface area (Å²) in [6.45, 7) is 3.87. The fraction of sp³-hybridized carbons (Fsp3) is 0.296. The maximum Gasteiger partial charge on any atom is 0.323 e. The normalized spacial score (nSPS) is 12.9. The Morgan fingerprint density at radius 3 is 2.20 bits per heavy atom. The summed E-state index contributed by atoms with van der Waals surface area (Å²) in [7, 11) is 0. The Bertz CT molecular complexity index is 1340. The van der Waals surface area contributed by atoms with Gasteiger partial charge in [-0.15, -0.1) is 0 Å². The van der Waals surface area contributed by atoms with Crippen molar-refractivity contribution >= 4 is 35.0 Å². The molecule has 40 heavy (non-hydrogen) atoms. The van der Waals surface area contributed by atoms with Gasteiger partial charge < -0.3 is 41.2 Å². The summed E-state index contributed by atoms with van der Waals surface area (Å²) in [6.07, 6.45) is 0. The third-order valence-corrected chi connectivity index (χ3v) is 5.89. The Morgan fingerprint density at radius 1 is 1.00 bits per heavy atom. The molecule has 13 nitrogen and oxygen atoms in total. The molecule has 0 saturated carbocycles. The monoisotopic (exact) mass is 549 g/mol. The van der Waals surface area contributed by atoms with Crippen LogP contribution in [-0.4, -0.2) is 83.9 Å². The van der Waals surface area contributed by atoms with Gasteiger partial charge in [-0.25, -0.2) is 14.8 Å². The van der Waals surface area contributed by atoms with E-state index < -0.39 is 11.9 Å². The lowest BCUT2D eigenvalue weighted by Gasteiger charge is -2.27. The minimum Gasteiger partial charge on any atom is -0.488 e. The number of nitrogens with zero attached hydrogens (tertiary/aromatic N) is 3. The number of urea groups is 1. The van der Waals surface area contributed by atoms with Crippen LogP contribution >= 0.6 is 0 Å². The predicted molar refractivity (Wildman–Crippen MR) is 149 cm³/mol. The number of nitrogens with two attached hydrogens (primary N) is 1. The highest BCUT2D eigenvalue weighted by Gasteiger charge is 2.27. The minimum absolute atomic E-state index is 0.109. The summed E-state index contributed by atoms with van der Waals surface area (Å²) in [5.41, 5.74) is 7.27. The van der Waals surface area contributed by atoms with Crippen LogP contribution in [0.1, 0.15) is 27.8 Å². The van der Waals surface area contributed by atoms with Gasteiger partial charge >= 0.3 is 6.03 Å². The Labute approximate surface area is 230 Å². The third kappa shape index (κ3) is 7.01. The summed E-state index contributed by atoms with van der Waals surface area (Å²) in [6, 6.07) is 12.5. The number of benzene rings is 2. The molecule has 1 aliphatic heterocycles. The van der Waals surface area contributed by atoms with Gasteiger partial charge in [0.15, 0.2) is 23.1 Å². The quantitative estimate of drug-likeness (QED) is 0.253. The first-order chi connectivity index (χ1) is 19.4. The van der Waals surface area contributed by atoms with Gasteiger partial charge in [0.05, 0.1) is 26.4 Å². The van der Waals surface area contributed by atoms with Crippen molar-refractivity contribution < 1.29 is 29.0 Å². The van der Waals surface area contributed by atoms with E-state index in [1.165, 1.54) is 12.1 Å². The number of hydrogen-bond acceptors (Lipinski definition) is 9. The van der Waals surface area contributed by atoms with Gasteiger partial charge in [-0.1, -0.05) is 0 Å². The van der Waals surface area contributed by atoms with Crippen LogP contribution in [0.3, 0.4) is 0 Å². The molecule has 6 N–H and O–H groups in total. The molecule has 0 atom stereocenters. The largest absolute Gasteiger partial charge is 0.488 e. The van der Waals surface area contributed by atoms with E-state index in [2.05, 4.69) is 25.9 Å². The standard InChI is InChI=1S/C27H31N7O6/c1-2-40-22-21(26(37)34-12-15-39-16-13-34)32-24(33-25(22)29-11-14-35)18-5-9-20(10-6-18)31-27(38)30-19-7-3-17(4-8-19)23(28)36/h3-10,35H,2,11-16H2,1H3,(H2,28,36)(H,29,32,33)(H2,30,31,38). The van der Waals surface area contributed by atoms with E-state index in [0.717, 1.165) is 0 Å². The number of ether oxygens (including phenoxy) is 2. The van der Waals surface area contributed by atoms with E-state index in [1.807, 2.05) is 0 Å². The molecule has 0 spiro atoms. The maximum absolute atomic E-state index is 13.4. The van der Waals surface area contributed by atoms with E-state index >= 15 is 0 Å². The second kappa shape index (κ2) is 13.4. The van der Waals surface area contributed by atoms with Gasteiger partial charge in [0.25, 0.3) is 5.91 Å². The van der Waals surface area contributed by atoms with Gasteiger partial charge in [-0.05, 0) is 55.5 Å². The zero-order valence-corrected chi connectivity index (χ0v) is 22.0. The van der Waals surface area contributed by atoms with Crippen LogP contribution in [0.4, 0.5) is 22.0 Å². The first kappa shape index (κ1) is 28.3. The zero-order chi connectivity index (χ0) is 28.5. The molecule has 0 aliphatic carbocycles. The van der Waals surface area contributed by atoms with E-state index in [1.54, 1.807) is 48.2 Å². The van der Waals surface area contributed by atoms with Crippen LogP contribution < -0.4 is 26.4 Å². The molecule has 1 saturated heterocycles. The summed E-state index contributed by atoms with van der Waals surface area (Å²) in [4.78, 5) is 47.9. The molecule has 4 rings (SSSR count). The number of aliphatic hydroxyl groups excluding tert-OH is 1. The van der Waals surface area contributed by atoms with Crippen molar-refractivity contribution in [3.63, 3.8) is 0 Å². The first-order valence-corrected chi connectivity index (χ1v) is 12.7. The van der Waals surface area contributed by atoms with E-state index in [0.29, 0.717) is 54.6 Å². The number of rotatable bonds is 10. The SMILES string of the molecule is CCOc1c(NCCO)nc(-c2ccc(NC(=O)Nc3ccc(C(N)=O)cc3)cc2)nc1C(=O)N1CCOCC1. The van der Waals surface area contributed by atoms with Crippen LogP contribution in [0.2, 0.25) is 0 Å². The minimum atomic E-state index is -0.554. The third-order valence-electron chi connectivity index (χ3n) is 5.89. The molecule has 2 heterocycles. The smallest absolute Gasteiger partial charge is 0.323 e. The number of aromatic nitrogens is 2. The fourth-order valence-electron chi connectivity index (χ4n) is 3.93. The summed E-state index contributed by atoms with van der Waals surface area (Å²) in [5.74, 6) is -0.0785. The zero-order valence-electron chi connectivity index (χ0n) is 22.0. The molecule has 3 aromatic rings. The molecule has 1 fully saturated rings. The van der Waals surface area contributed by atoms with Gasteiger partial charge in [0, 0.05) is 42.1 Å². The topological polar surface area (TPSA) is 181 Å². The number of primary amides is 1. The summed E-state index contributed by atoms with van der Waals surface area (Å²) < 4.78 is 11.1. The molecular formula is C27H31N7O6. The van der Waals surface area contributed by atoms with Gasteiger partial charge in [-0.3, -0.25) is 9.59 Å². The Hall–Kier alpha value is -4.75. The van der Waals surface area contributed by atoms with E-state index in [9.17, 15) is 19.5 Å². The van der Waals surface area contributed by atoms with E-state index in [-0.39, 0.29) is 42.9 Å². The van der Waals surface area contributed by atoms with E-state index in [4.69, 9.17) is 15.2 Å². The van der Waals surface area contributed by atoms with Crippen molar-refractivity contribution in [2.24, 2.45) is 5.73 Å². The van der Waals surface area contributed by atoms with Crippen LogP contribution in [-0.2, 0) is 4.74 Å². The lowest BCUT2D eigenvalue weighted by molar-refractivity contribution is 0.0296. The van der Waals surface area contributed by atoms with Crippen molar-refractivity contribution in [2.75, 3.05) is 62.0 Å². The molecule has 210 valence electrons. The maximum atomic E-state index is 13.4. The molecule has 0 unspecified atom stereocenters.